The zero-order valence-corrected chi connectivity index (χ0v) is 17.3. The molecule has 0 aliphatic carbocycles. The van der Waals surface area contributed by atoms with Crippen LogP contribution in [0.5, 0.6) is 0 Å². The van der Waals surface area contributed by atoms with Gasteiger partial charge in [0, 0.05) is 25.2 Å². The highest BCUT2D eigenvalue weighted by molar-refractivity contribution is 7.89. The third-order valence-corrected chi connectivity index (χ3v) is 6.60. The van der Waals surface area contributed by atoms with E-state index in [1.54, 1.807) is 19.1 Å². The molecule has 8 heteroatoms. The molecule has 0 spiro atoms. The molecule has 1 aliphatic rings. The van der Waals surface area contributed by atoms with E-state index in [1.807, 2.05) is 30.3 Å². The predicted molar refractivity (Wildman–Crippen MR) is 109 cm³/mol. The van der Waals surface area contributed by atoms with E-state index < -0.39 is 10.0 Å². The highest BCUT2D eigenvalue weighted by Gasteiger charge is 2.27. The minimum Gasteiger partial charge on any atom is -0.379 e. The van der Waals surface area contributed by atoms with Crippen molar-refractivity contribution in [1.29, 1.82) is 0 Å². The number of nitrogens with zero attached hydrogens (tertiary/aromatic N) is 1. The van der Waals surface area contributed by atoms with Gasteiger partial charge in [-0.2, -0.15) is 4.31 Å². The summed E-state index contributed by atoms with van der Waals surface area (Å²) in [5.74, 6) is -0.315. The van der Waals surface area contributed by atoms with Gasteiger partial charge in [0.2, 0.25) is 10.0 Å². The van der Waals surface area contributed by atoms with E-state index in [0.717, 1.165) is 5.56 Å². The number of rotatable bonds is 8. The number of morpholine rings is 1. The summed E-state index contributed by atoms with van der Waals surface area (Å²) in [6, 6.07) is 14.4. The smallest absolute Gasteiger partial charge is 0.251 e. The molecule has 2 aromatic carbocycles. The summed E-state index contributed by atoms with van der Waals surface area (Å²) in [4.78, 5) is 12.7. The highest BCUT2D eigenvalue weighted by atomic mass is 32.2. The van der Waals surface area contributed by atoms with E-state index in [0.29, 0.717) is 57.2 Å². The van der Waals surface area contributed by atoms with Crippen LogP contribution in [0.1, 0.15) is 21.5 Å². The first-order valence-corrected chi connectivity index (χ1v) is 11.0. The molecular formula is C21H26N2O5S. The lowest BCUT2D eigenvalue weighted by Gasteiger charge is -2.26. The molecule has 1 N–H and O–H groups in total. The van der Waals surface area contributed by atoms with Gasteiger partial charge < -0.3 is 14.8 Å². The largest absolute Gasteiger partial charge is 0.379 e. The van der Waals surface area contributed by atoms with E-state index in [1.165, 1.54) is 10.4 Å². The zero-order valence-electron chi connectivity index (χ0n) is 16.5. The molecule has 1 aliphatic heterocycles. The molecule has 0 atom stereocenters. The second-order valence-corrected chi connectivity index (χ2v) is 8.73. The van der Waals surface area contributed by atoms with E-state index in [4.69, 9.17) is 9.47 Å². The second kappa shape index (κ2) is 9.98. The lowest BCUT2D eigenvalue weighted by molar-refractivity contribution is 0.0730. The number of ether oxygens (including phenoxy) is 2. The van der Waals surface area contributed by atoms with Crippen LogP contribution in [0.25, 0.3) is 0 Å². The van der Waals surface area contributed by atoms with E-state index in [-0.39, 0.29) is 10.8 Å². The van der Waals surface area contributed by atoms with Gasteiger partial charge in [0.15, 0.2) is 0 Å². The molecule has 0 radical (unpaired) electrons. The molecule has 2 aromatic rings. The van der Waals surface area contributed by atoms with E-state index >= 15 is 0 Å². The van der Waals surface area contributed by atoms with Crippen molar-refractivity contribution in [1.82, 2.24) is 9.62 Å². The minimum absolute atomic E-state index is 0.121. The molecule has 0 bridgehead atoms. The summed E-state index contributed by atoms with van der Waals surface area (Å²) in [6.45, 7) is 4.35. The first-order valence-electron chi connectivity index (χ1n) is 9.57. The Kier molecular flexibility index (Phi) is 7.38. The lowest BCUT2D eigenvalue weighted by atomic mass is 10.1. The fraction of sp³-hybridized carbons (Fsp3) is 0.381. The summed E-state index contributed by atoms with van der Waals surface area (Å²) >= 11 is 0. The predicted octanol–water partition coefficient (Wildman–Crippen LogP) is 1.96. The Labute approximate surface area is 171 Å². The average molecular weight is 419 g/mol. The Morgan fingerprint density at radius 3 is 2.59 bits per heavy atom. The number of benzene rings is 2. The van der Waals surface area contributed by atoms with Crippen molar-refractivity contribution in [2.24, 2.45) is 0 Å². The Balaban J connectivity index is 1.58. The summed E-state index contributed by atoms with van der Waals surface area (Å²) < 4.78 is 37.8. The number of hydrogen-bond donors (Lipinski definition) is 1. The molecule has 1 heterocycles. The maximum atomic E-state index is 12.8. The summed E-state index contributed by atoms with van der Waals surface area (Å²) in [6.07, 6.45) is 0. The van der Waals surface area contributed by atoms with Gasteiger partial charge in [-0.3, -0.25) is 4.79 Å². The standard InChI is InChI=1S/C21H26N2O5S/c1-17-7-8-19(29(25,26)23-10-13-27-14-11-23)15-20(17)21(24)22-9-12-28-16-18-5-3-2-4-6-18/h2-8,15H,9-14,16H2,1H3,(H,22,24). The van der Waals surface area contributed by atoms with Gasteiger partial charge in [-0.25, -0.2) is 8.42 Å². The lowest BCUT2D eigenvalue weighted by Crippen LogP contribution is -2.40. The molecular weight excluding hydrogens is 392 g/mol. The minimum atomic E-state index is -3.65. The van der Waals surface area contributed by atoms with Crippen LogP contribution in [-0.2, 0) is 26.1 Å². The quantitative estimate of drug-likeness (QED) is 0.663. The average Bonchev–Trinajstić information content (AvgIpc) is 2.75. The number of amides is 1. The number of carbonyl (C=O) groups excluding carboxylic acids is 1. The van der Waals surface area contributed by atoms with Crippen molar-refractivity contribution in [3.8, 4) is 0 Å². The van der Waals surface area contributed by atoms with Crippen molar-refractivity contribution in [2.75, 3.05) is 39.5 Å². The van der Waals surface area contributed by atoms with Gasteiger partial charge in [-0.1, -0.05) is 36.4 Å². The normalized spacial score (nSPS) is 15.2. The van der Waals surface area contributed by atoms with Crippen LogP contribution in [0.15, 0.2) is 53.4 Å². The van der Waals surface area contributed by atoms with Crippen LogP contribution in [0.3, 0.4) is 0 Å². The van der Waals surface area contributed by atoms with Crippen molar-refractivity contribution in [3.63, 3.8) is 0 Å². The number of nitrogens with one attached hydrogen (secondary N) is 1. The molecule has 7 nitrogen and oxygen atoms in total. The Morgan fingerprint density at radius 1 is 1.14 bits per heavy atom. The van der Waals surface area contributed by atoms with E-state index in [2.05, 4.69) is 5.32 Å². The number of hydrogen-bond acceptors (Lipinski definition) is 5. The molecule has 0 unspecified atom stereocenters. The summed E-state index contributed by atoms with van der Waals surface area (Å²) in [7, 11) is -3.65. The highest BCUT2D eigenvalue weighted by Crippen LogP contribution is 2.20. The maximum Gasteiger partial charge on any atom is 0.251 e. The first-order chi connectivity index (χ1) is 14.0. The van der Waals surface area contributed by atoms with Crippen molar-refractivity contribution < 1.29 is 22.7 Å². The van der Waals surface area contributed by atoms with Gasteiger partial charge >= 0.3 is 0 Å². The fourth-order valence-corrected chi connectivity index (χ4v) is 4.47. The molecule has 1 saturated heterocycles. The van der Waals surface area contributed by atoms with Crippen LogP contribution >= 0.6 is 0 Å². The van der Waals surface area contributed by atoms with Crippen LogP contribution in [0.2, 0.25) is 0 Å². The van der Waals surface area contributed by atoms with Gasteiger partial charge in [-0.05, 0) is 30.2 Å². The Bertz CT molecular complexity index is 925. The summed E-state index contributed by atoms with van der Waals surface area (Å²) in [5, 5.41) is 2.79. The molecule has 1 amide bonds. The van der Waals surface area contributed by atoms with Crippen LogP contribution < -0.4 is 5.32 Å². The van der Waals surface area contributed by atoms with Crippen molar-refractivity contribution >= 4 is 15.9 Å². The maximum absolute atomic E-state index is 12.8. The van der Waals surface area contributed by atoms with Crippen molar-refractivity contribution in [3.05, 3.63) is 65.2 Å². The third-order valence-electron chi connectivity index (χ3n) is 4.71. The summed E-state index contributed by atoms with van der Waals surface area (Å²) in [5.41, 5.74) is 2.13. The molecule has 1 fully saturated rings. The van der Waals surface area contributed by atoms with Crippen molar-refractivity contribution in [2.45, 2.75) is 18.4 Å². The van der Waals surface area contributed by atoms with Crippen LogP contribution in [-0.4, -0.2) is 58.1 Å². The van der Waals surface area contributed by atoms with Gasteiger partial charge in [0.1, 0.15) is 0 Å². The molecule has 0 saturated carbocycles. The fourth-order valence-electron chi connectivity index (χ4n) is 3.04. The van der Waals surface area contributed by atoms with E-state index in [9.17, 15) is 13.2 Å². The second-order valence-electron chi connectivity index (χ2n) is 6.79. The Morgan fingerprint density at radius 2 is 1.86 bits per heavy atom. The SMILES string of the molecule is Cc1ccc(S(=O)(=O)N2CCOCC2)cc1C(=O)NCCOCc1ccccc1. The number of carbonyl (C=O) groups is 1. The third kappa shape index (κ3) is 5.63. The number of aryl methyl sites for hydroxylation is 1. The van der Waals surface area contributed by atoms with Crippen LogP contribution in [0, 0.1) is 6.92 Å². The number of sulfonamides is 1. The van der Waals surface area contributed by atoms with Crippen LogP contribution in [0.4, 0.5) is 0 Å². The van der Waals surface area contributed by atoms with Gasteiger partial charge in [0.05, 0.1) is 31.3 Å². The molecule has 29 heavy (non-hydrogen) atoms. The monoisotopic (exact) mass is 418 g/mol. The Hall–Kier alpha value is -2.26. The zero-order chi connectivity index (χ0) is 20.7. The van der Waals surface area contributed by atoms with Gasteiger partial charge in [-0.15, -0.1) is 0 Å². The molecule has 3 rings (SSSR count). The molecule has 156 valence electrons. The van der Waals surface area contributed by atoms with Gasteiger partial charge in [0.25, 0.3) is 5.91 Å². The topological polar surface area (TPSA) is 84.9 Å². The molecule has 0 aromatic heterocycles. The first kappa shape index (κ1) is 21.4.